The zero-order valence-corrected chi connectivity index (χ0v) is 19.5. The molecule has 0 spiro atoms. The number of halogens is 1. The molecule has 0 bridgehead atoms. The molecular weight excluding hydrogens is 440 g/mol. The number of Topliss-reactive ketones (excluding diaryl/α,β-unsaturated/α-hetero) is 1. The van der Waals surface area contributed by atoms with Crippen LogP contribution in [0, 0.1) is 0 Å². The van der Waals surface area contributed by atoms with E-state index in [-0.39, 0.29) is 5.78 Å². The van der Waals surface area contributed by atoms with Crippen molar-refractivity contribution in [3.05, 3.63) is 89.4 Å². The number of carbonyl (C=O) groups excluding carboxylic acids is 1. The van der Waals surface area contributed by atoms with Crippen molar-refractivity contribution < 1.29 is 9.53 Å². The summed E-state index contributed by atoms with van der Waals surface area (Å²) in [5, 5.41) is 4.32. The third-order valence-electron chi connectivity index (χ3n) is 5.93. The zero-order chi connectivity index (χ0) is 22.6. The highest BCUT2D eigenvalue weighted by atomic mass is 35.5. The van der Waals surface area contributed by atoms with Crippen molar-refractivity contribution >= 4 is 40.4 Å². The number of nitrogens with zero attached hydrogens (tertiary/aromatic N) is 1. The van der Waals surface area contributed by atoms with Crippen LogP contribution in [0.4, 0.5) is 5.69 Å². The molecule has 0 aliphatic heterocycles. The predicted octanol–water partition coefficient (Wildman–Crippen LogP) is 6.80. The maximum atomic E-state index is 13.3. The first kappa shape index (κ1) is 22.3. The Morgan fingerprint density at radius 1 is 0.969 bits per heavy atom. The van der Waals surface area contributed by atoms with E-state index in [0.717, 1.165) is 35.6 Å². The summed E-state index contributed by atoms with van der Waals surface area (Å²) < 4.78 is 5.85. The molecule has 1 aliphatic carbocycles. The third-order valence-corrected chi connectivity index (χ3v) is 6.64. The molecule has 0 unspecified atom stereocenters. The van der Waals surface area contributed by atoms with Gasteiger partial charge in [-0.05, 0) is 73.9 Å². The molecule has 3 aromatic carbocycles. The highest BCUT2D eigenvalue weighted by molar-refractivity contribution is 7.80. The Kier molecular flexibility index (Phi) is 6.77. The minimum atomic E-state index is -0.864. The SMILES string of the molecule is CN(C(=S)Nc1ccc(Oc2ccccc2)cc1)[C@]1(c2ccccc2Cl)CCCCC1=O. The fourth-order valence-electron chi connectivity index (χ4n) is 4.24. The van der Waals surface area contributed by atoms with Crippen molar-refractivity contribution in [1.29, 1.82) is 0 Å². The van der Waals surface area contributed by atoms with Crippen LogP contribution in [0.5, 0.6) is 11.5 Å². The molecule has 4 nitrogen and oxygen atoms in total. The summed E-state index contributed by atoms with van der Waals surface area (Å²) in [6, 6.07) is 24.8. The van der Waals surface area contributed by atoms with Crippen molar-refractivity contribution in [1.82, 2.24) is 4.90 Å². The lowest BCUT2D eigenvalue weighted by atomic mass is 9.74. The molecule has 1 N–H and O–H groups in total. The Hall–Kier alpha value is -2.89. The quantitative estimate of drug-likeness (QED) is 0.420. The summed E-state index contributed by atoms with van der Waals surface area (Å²) in [6.07, 6.45) is 3.03. The summed E-state index contributed by atoms with van der Waals surface area (Å²) >= 11 is 12.3. The van der Waals surface area contributed by atoms with Gasteiger partial charge in [0.2, 0.25) is 0 Å². The van der Waals surface area contributed by atoms with E-state index in [1.54, 1.807) is 0 Å². The Morgan fingerprint density at radius 2 is 1.62 bits per heavy atom. The van der Waals surface area contributed by atoms with Gasteiger partial charge < -0.3 is 15.0 Å². The normalized spacial score (nSPS) is 18.1. The Balaban J connectivity index is 1.54. The van der Waals surface area contributed by atoms with Gasteiger partial charge in [0.25, 0.3) is 0 Å². The molecule has 1 aliphatic rings. The molecule has 32 heavy (non-hydrogen) atoms. The number of nitrogens with one attached hydrogen (secondary N) is 1. The molecule has 3 aromatic rings. The Morgan fingerprint density at radius 3 is 2.31 bits per heavy atom. The van der Waals surface area contributed by atoms with E-state index in [2.05, 4.69) is 5.32 Å². The first-order valence-electron chi connectivity index (χ1n) is 10.7. The molecule has 0 amide bonds. The highest BCUT2D eigenvalue weighted by Gasteiger charge is 2.47. The van der Waals surface area contributed by atoms with Gasteiger partial charge in [0.05, 0.1) is 0 Å². The van der Waals surface area contributed by atoms with E-state index in [4.69, 9.17) is 28.6 Å². The van der Waals surface area contributed by atoms with Crippen LogP contribution in [0.1, 0.15) is 31.2 Å². The van der Waals surface area contributed by atoms with Gasteiger partial charge in [-0.25, -0.2) is 0 Å². The van der Waals surface area contributed by atoms with Crippen molar-refractivity contribution in [2.75, 3.05) is 12.4 Å². The van der Waals surface area contributed by atoms with Crippen molar-refractivity contribution in [3.63, 3.8) is 0 Å². The number of ether oxygens (including phenoxy) is 1. The molecule has 0 radical (unpaired) electrons. The van der Waals surface area contributed by atoms with E-state index in [0.29, 0.717) is 23.0 Å². The maximum absolute atomic E-state index is 13.3. The van der Waals surface area contributed by atoms with Crippen LogP contribution in [0.15, 0.2) is 78.9 Å². The second-order valence-corrected chi connectivity index (χ2v) is 8.69. The predicted molar refractivity (Wildman–Crippen MR) is 134 cm³/mol. The maximum Gasteiger partial charge on any atom is 0.174 e. The molecular formula is C26H25ClN2O2S. The van der Waals surface area contributed by atoms with E-state index < -0.39 is 5.54 Å². The van der Waals surface area contributed by atoms with Crippen LogP contribution in [-0.4, -0.2) is 22.8 Å². The number of anilines is 1. The van der Waals surface area contributed by atoms with Crippen LogP contribution in [0.3, 0.4) is 0 Å². The molecule has 164 valence electrons. The lowest BCUT2D eigenvalue weighted by Crippen LogP contribution is -2.55. The number of rotatable bonds is 5. The standard InChI is InChI=1S/C26H25ClN2O2S/c1-29(26(18-8-7-13-24(26)30)22-11-5-6-12-23(22)27)25(32)28-19-14-16-21(17-15-19)31-20-9-3-2-4-10-20/h2-6,9-12,14-17H,7-8,13,18H2,1H3,(H,28,32)/t26-/m0/s1. The van der Waals surface area contributed by atoms with Crippen LogP contribution < -0.4 is 10.1 Å². The molecule has 6 heteroatoms. The van der Waals surface area contributed by atoms with Gasteiger partial charge in [-0.2, -0.15) is 0 Å². The molecule has 1 fully saturated rings. The number of hydrogen-bond donors (Lipinski definition) is 1. The molecule has 0 saturated heterocycles. The Labute approximate surface area is 199 Å². The molecule has 0 heterocycles. The minimum Gasteiger partial charge on any atom is -0.457 e. The van der Waals surface area contributed by atoms with Gasteiger partial charge in [0, 0.05) is 29.7 Å². The number of likely N-dealkylation sites (N-methyl/N-ethyl adjacent to an activating group) is 1. The minimum absolute atomic E-state index is 0.148. The van der Waals surface area contributed by atoms with E-state index in [1.165, 1.54) is 0 Å². The summed E-state index contributed by atoms with van der Waals surface area (Å²) in [5.74, 6) is 1.66. The summed E-state index contributed by atoms with van der Waals surface area (Å²) in [5.41, 5.74) is 0.765. The average Bonchev–Trinajstić information content (AvgIpc) is 2.81. The van der Waals surface area contributed by atoms with Crippen molar-refractivity contribution in [3.8, 4) is 11.5 Å². The largest absolute Gasteiger partial charge is 0.457 e. The number of para-hydroxylation sites is 1. The molecule has 1 atom stereocenters. The fraction of sp³-hybridized carbons (Fsp3) is 0.231. The van der Waals surface area contributed by atoms with Gasteiger partial charge in [-0.15, -0.1) is 0 Å². The fourth-order valence-corrected chi connectivity index (χ4v) is 4.81. The third kappa shape index (κ3) is 4.50. The van der Waals surface area contributed by atoms with E-state index in [1.807, 2.05) is 90.8 Å². The zero-order valence-electron chi connectivity index (χ0n) is 17.9. The van der Waals surface area contributed by atoms with E-state index >= 15 is 0 Å². The lowest BCUT2D eigenvalue weighted by molar-refractivity contribution is -0.131. The Bertz CT molecular complexity index is 1100. The monoisotopic (exact) mass is 464 g/mol. The van der Waals surface area contributed by atoms with Gasteiger partial charge in [-0.1, -0.05) is 48.0 Å². The molecule has 0 aromatic heterocycles. The molecule has 1 saturated carbocycles. The van der Waals surface area contributed by atoms with Crippen LogP contribution in [0.25, 0.3) is 0 Å². The second kappa shape index (κ2) is 9.72. The van der Waals surface area contributed by atoms with Gasteiger partial charge in [0.15, 0.2) is 10.9 Å². The van der Waals surface area contributed by atoms with Gasteiger partial charge in [0.1, 0.15) is 17.0 Å². The number of benzene rings is 3. The number of hydrogen-bond acceptors (Lipinski definition) is 3. The van der Waals surface area contributed by atoms with Gasteiger partial charge >= 0.3 is 0 Å². The topological polar surface area (TPSA) is 41.6 Å². The second-order valence-electron chi connectivity index (χ2n) is 7.90. The summed E-state index contributed by atoms with van der Waals surface area (Å²) in [4.78, 5) is 15.2. The smallest absolute Gasteiger partial charge is 0.174 e. The number of thiocarbonyl (C=S) groups is 1. The summed E-state index contributed by atoms with van der Waals surface area (Å²) in [7, 11) is 1.87. The average molecular weight is 465 g/mol. The van der Waals surface area contributed by atoms with E-state index in [9.17, 15) is 4.79 Å². The highest BCUT2D eigenvalue weighted by Crippen LogP contribution is 2.42. The summed E-state index contributed by atoms with van der Waals surface area (Å²) in [6.45, 7) is 0. The van der Waals surface area contributed by atoms with Crippen molar-refractivity contribution in [2.24, 2.45) is 0 Å². The van der Waals surface area contributed by atoms with Crippen LogP contribution in [0.2, 0.25) is 5.02 Å². The van der Waals surface area contributed by atoms with Crippen molar-refractivity contribution in [2.45, 2.75) is 31.2 Å². The van der Waals surface area contributed by atoms with Crippen LogP contribution >= 0.6 is 23.8 Å². The number of ketones is 1. The first-order valence-corrected chi connectivity index (χ1v) is 11.5. The van der Waals surface area contributed by atoms with Crippen LogP contribution in [-0.2, 0) is 10.3 Å². The molecule has 4 rings (SSSR count). The lowest BCUT2D eigenvalue weighted by Gasteiger charge is -2.45. The first-order chi connectivity index (χ1) is 15.5. The number of carbonyl (C=O) groups is 1. The van der Waals surface area contributed by atoms with Gasteiger partial charge in [-0.3, -0.25) is 4.79 Å².